The van der Waals surface area contributed by atoms with Gasteiger partial charge in [0.15, 0.2) is 0 Å². The quantitative estimate of drug-likeness (QED) is 0.0252. The summed E-state index contributed by atoms with van der Waals surface area (Å²) in [6.07, 6.45) is 53.6. The molecule has 0 aliphatic rings. The van der Waals surface area contributed by atoms with Gasteiger partial charge in [0, 0.05) is 6.42 Å². The standard InChI is InChI=1S/C49H83NO5/c1-4-7-10-13-16-19-22-24-27-30-33-36-39-42-49(54)55-45(40-37-34-31-28-26-23-20-17-14-11-8-5-2)43-48(53)50-46(44-51)47(52)41-38-35-32-29-25-21-18-15-12-9-6-3/h7-8,10-11,13,16-17,19-20,22,24,26-28,45-47,51-52H,4-6,9,12,14-15,18,21,23,25,29-44H2,1-3H3,(H,50,53)/b10-7+,11-8+,16-13+,20-17+,22-19-,27-24-,28-26+. The highest BCUT2D eigenvalue weighted by Gasteiger charge is 2.24. The molecule has 0 aliphatic carbocycles. The van der Waals surface area contributed by atoms with Crippen LogP contribution in [-0.4, -0.2) is 46.9 Å². The first-order chi connectivity index (χ1) is 27.0. The number of nitrogens with one attached hydrogen (secondary N) is 1. The van der Waals surface area contributed by atoms with Crippen molar-refractivity contribution in [3.8, 4) is 0 Å². The van der Waals surface area contributed by atoms with Gasteiger partial charge in [0.05, 0.1) is 25.2 Å². The molecule has 1 amide bonds. The molecule has 0 aromatic carbocycles. The Hall–Kier alpha value is -2.96. The number of hydrogen-bond acceptors (Lipinski definition) is 5. The molecule has 3 N–H and O–H groups in total. The summed E-state index contributed by atoms with van der Waals surface area (Å²) >= 11 is 0. The van der Waals surface area contributed by atoms with Crippen molar-refractivity contribution in [1.29, 1.82) is 0 Å². The van der Waals surface area contributed by atoms with Crippen LogP contribution >= 0.6 is 0 Å². The van der Waals surface area contributed by atoms with Crippen molar-refractivity contribution in [3.63, 3.8) is 0 Å². The number of amides is 1. The van der Waals surface area contributed by atoms with Gasteiger partial charge in [-0.2, -0.15) is 0 Å². The van der Waals surface area contributed by atoms with Gasteiger partial charge < -0.3 is 20.3 Å². The van der Waals surface area contributed by atoms with E-state index >= 15 is 0 Å². The van der Waals surface area contributed by atoms with Crippen LogP contribution in [0.25, 0.3) is 0 Å². The van der Waals surface area contributed by atoms with Gasteiger partial charge in [-0.3, -0.25) is 9.59 Å². The summed E-state index contributed by atoms with van der Waals surface area (Å²) in [5.74, 6) is -0.570. The van der Waals surface area contributed by atoms with E-state index in [2.05, 4.69) is 80.8 Å². The van der Waals surface area contributed by atoms with Crippen molar-refractivity contribution < 1.29 is 24.5 Å². The number of carbonyl (C=O) groups excluding carboxylic acids is 2. The van der Waals surface area contributed by atoms with Crippen molar-refractivity contribution in [2.75, 3.05) is 6.61 Å². The largest absolute Gasteiger partial charge is 0.462 e. The third kappa shape index (κ3) is 37.7. The fourth-order valence-electron chi connectivity index (χ4n) is 6.22. The van der Waals surface area contributed by atoms with Crippen LogP contribution in [0.2, 0.25) is 0 Å². The molecule has 3 atom stereocenters. The first kappa shape index (κ1) is 52.0. The predicted octanol–water partition coefficient (Wildman–Crippen LogP) is 12.8. The molecular formula is C49H83NO5. The predicted molar refractivity (Wildman–Crippen MR) is 236 cm³/mol. The summed E-state index contributed by atoms with van der Waals surface area (Å²) < 4.78 is 5.86. The van der Waals surface area contributed by atoms with Gasteiger partial charge in [-0.05, 0) is 77.0 Å². The van der Waals surface area contributed by atoms with Crippen LogP contribution < -0.4 is 5.32 Å². The number of unbranched alkanes of at least 4 members (excludes halogenated alkanes) is 15. The molecule has 0 fully saturated rings. The van der Waals surface area contributed by atoms with E-state index in [-0.39, 0.29) is 24.9 Å². The molecule has 0 saturated heterocycles. The van der Waals surface area contributed by atoms with E-state index in [1.165, 1.54) is 51.4 Å². The zero-order chi connectivity index (χ0) is 40.3. The van der Waals surface area contributed by atoms with Gasteiger partial charge in [-0.25, -0.2) is 0 Å². The Bertz CT molecular complexity index is 1080. The van der Waals surface area contributed by atoms with Gasteiger partial charge in [0.25, 0.3) is 0 Å². The molecule has 314 valence electrons. The Morgan fingerprint density at radius 1 is 0.564 bits per heavy atom. The molecule has 0 radical (unpaired) electrons. The van der Waals surface area contributed by atoms with Crippen molar-refractivity contribution in [1.82, 2.24) is 5.32 Å². The minimum absolute atomic E-state index is 0.0307. The number of allylic oxidation sites excluding steroid dienone is 14. The lowest BCUT2D eigenvalue weighted by molar-refractivity contribution is -0.151. The van der Waals surface area contributed by atoms with E-state index in [4.69, 9.17) is 4.74 Å². The van der Waals surface area contributed by atoms with Crippen LogP contribution in [0.1, 0.15) is 188 Å². The maximum absolute atomic E-state index is 13.1. The molecule has 0 aromatic rings. The maximum atomic E-state index is 13.1. The normalized spacial score (nSPS) is 14.2. The highest BCUT2D eigenvalue weighted by molar-refractivity contribution is 5.77. The van der Waals surface area contributed by atoms with E-state index in [0.29, 0.717) is 19.3 Å². The molecule has 55 heavy (non-hydrogen) atoms. The van der Waals surface area contributed by atoms with Gasteiger partial charge in [0.1, 0.15) is 6.10 Å². The number of aliphatic hydroxyl groups excluding tert-OH is 2. The van der Waals surface area contributed by atoms with Crippen LogP contribution in [0.3, 0.4) is 0 Å². The SMILES string of the molecule is CC/C=C/C=C/C=C\C=C/CCCCCC(=O)OC(CCCC/C=C/C/C=C/C/C=C/CC)CC(=O)NC(CO)C(O)CCCCCCCCCCCCC. The second-order valence-corrected chi connectivity index (χ2v) is 14.8. The zero-order valence-corrected chi connectivity index (χ0v) is 35.5. The summed E-state index contributed by atoms with van der Waals surface area (Å²) in [4.78, 5) is 25.9. The van der Waals surface area contributed by atoms with E-state index in [1.54, 1.807) is 0 Å². The summed E-state index contributed by atoms with van der Waals surface area (Å²) in [7, 11) is 0. The third-order valence-corrected chi connectivity index (χ3v) is 9.56. The first-order valence-corrected chi connectivity index (χ1v) is 22.4. The van der Waals surface area contributed by atoms with Crippen molar-refractivity contribution in [2.24, 2.45) is 0 Å². The fourth-order valence-corrected chi connectivity index (χ4v) is 6.22. The molecule has 0 saturated carbocycles. The lowest BCUT2D eigenvalue weighted by Crippen LogP contribution is -2.46. The Balaban J connectivity index is 4.75. The van der Waals surface area contributed by atoms with Gasteiger partial charge in [-0.1, -0.05) is 183 Å². The lowest BCUT2D eigenvalue weighted by atomic mass is 10.0. The Morgan fingerprint density at radius 2 is 1.07 bits per heavy atom. The highest BCUT2D eigenvalue weighted by Crippen LogP contribution is 2.16. The Morgan fingerprint density at radius 3 is 1.71 bits per heavy atom. The molecule has 0 spiro atoms. The van der Waals surface area contributed by atoms with E-state index in [9.17, 15) is 19.8 Å². The average molecular weight is 766 g/mol. The molecule has 0 rings (SSSR count). The van der Waals surface area contributed by atoms with Crippen LogP contribution in [0.5, 0.6) is 0 Å². The van der Waals surface area contributed by atoms with Crippen LogP contribution in [-0.2, 0) is 14.3 Å². The van der Waals surface area contributed by atoms with Gasteiger partial charge in [-0.15, -0.1) is 0 Å². The number of hydrogen-bond donors (Lipinski definition) is 3. The molecular weight excluding hydrogens is 683 g/mol. The molecule has 6 nitrogen and oxygen atoms in total. The summed E-state index contributed by atoms with van der Waals surface area (Å²) in [6.45, 7) is 6.17. The van der Waals surface area contributed by atoms with Crippen molar-refractivity contribution in [2.45, 2.75) is 206 Å². The lowest BCUT2D eigenvalue weighted by Gasteiger charge is -2.24. The Labute approximate surface area is 338 Å². The first-order valence-electron chi connectivity index (χ1n) is 22.4. The van der Waals surface area contributed by atoms with E-state index < -0.39 is 18.2 Å². The van der Waals surface area contributed by atoms with Crippen LogP contribution in [0.15, 0.2) is 85.1 Å². The fraction of sp³-hybridized carbons (Fsp3) is 0.673. The number of aliphatic hydroxyl groups is 2. The monoisotopic (exact) mass is 766 g/mol. The average Bonchev–Trinajstić information content (AvgIpc) is 3.18. The molecule has 6 heteroatoms. The molecule has 0 aliphatic heterocycles. The second-order valence-electron chi connectivity index (χ2n) is 14.8. The maximum Gasteiger partial charge on any atom is 0.306 e. The zero-order valence-electron chi connectivity index (χ0n) is 35.5. The minimum atomic E-state index is -0.807. The number of carbonyl (C=O) groups is 2. The number of rotatable bonds is 38. The summed E-state index contributed by atoms with van der Waals surface area (Å²) in [6, 6.07) is -0.724. The molecule has 0 heterocycles. The minimum Gasteiger partial charge on any atom is -0.462 e. The molecule has 0 aromatic heterocycles. The Kier molecular flexibility index (Phi) is 39.9. The topological polar surface area (TPSA) is 95.9 Å². The number of esters is 1. The van der Waals surface area contributed by atoms with Crippen molar-refractivity contribution in [3.05, 3.63) is 85.1 Å². The van der Waals surface area contributed by atoms with Gasteiger partial charge in [0.2, 0.25) is 5.91 Å². The molecule has 0 bridgehead atoms. The third-order valence-electron chi connectivity index (χ3n) is 9.56. The smallest absolute Gasteiger partial charge is 0.306 e. The van der Waals surface area contributed by atoms with Crippen LogP contribution in [0.4, 0.5) is 0 Å². The highest BCUT2D eigenvalue weighted by atomic mass is 16.5. The van der Waals surface area contributed by atoms with E-state index in [1.807, 2.05) is 30.4 Å². The summed E-state index contributed by atoms with van der Waals surface area (Å²) in [5, 5.41) is 23.6. The van der Waals surface area contributed by atoms with Crippen molar-refractivity contribution >= 4 is 11.9 Å². The van der Waals surface area contributed by atoms with Crippen LogP contribution in [0, 0.1) is 0 Å². The van der Waals surface area contributed by atoms with E-state index in [0.717, 1.165) is 89.9 Å². The number of ether oxygens (including phenoxy) is 1. The molecule has 3 unspecified atom stereocenters. The summed E-state index contributed by atoms with van der Waals surface area (Å²) in [5.41, 5.74) is 0. The van der Waals surface area contributed by atoms with Gasteiger partial charge >= 0.3 is 5.97 Å². The second kappa shape index (κ2) is 42.2.